The first-order chi connectivity index (χ1) is 10.1. The van der Waals surface area contributed by atoms with Crippen molar-refractivity contribution < 1.29 is 4.79 Å². The molecule has 1 aliphatic rings. The number of nitrogen functional groups attached to an aromatic ring is 1. The van der Waals surface area contributed by atoms with E-state index in [0.717, 1.165) is 46.9 Å². The second-order valence-electron chi connectivity index (χ2n) is 5.33. The number of fused-ring (bicyclic) bond motifs is 1. The average molecular weight is 349 g/mol. The lowest BCUT2D eigenvalue weighted by Crippen LogP contribution is -2.48. The topological polar surface area (TPSA) is 85.2 Å². The minimum Gasteiger partial charge on any atom is -0.396 e. The molecule has 2 aromatic rings. The van der Waals surface area contributed by atoms with Crippen molar-refractivity contribution in [1.29, 1.82) is 0 Å². The maximum atomic E-state index is 11.8. The van der Waals surface area contributed by atoms with Crippen molar-refractivity contribution in [2.75, 3.05) is 17.2 Å². The van der Waals surface area contributed by atoms with E-state index in [0.29, 0.717) is 5.69 Å². The molecule has 3 rings (SSSR count). The van der Waals surface area contributed by atoms with Crippen LogP contribution in [0.5, 0.6) is 0 Å². The molecule has 0 saturated carbocycles. The van der Waals surface area contributed by atoms with Crippen LogP contribution in [0.2, 0.25) is 0 Å². The van der Waals surface area contributed by atoms with Gasteiger partial charge >= 0.3 is 0 Å². The Morgan fingerprint density at radius 1 is 1.38 bits per heavy atom. The Hall–Kier alpha value is -1.82. The molecule has 5 nitrogen and oxygen atoms in total. The fourth-order valence-corrected chi connectivity index (χ4v) is 3.34. The molecular weight excluding hydrogens is 332 g/mol. The maximum Gasteiger partial charge on any atom is 0.240 e. The fourth-order valence-electron chi connectivity index (χ4n) is 2.98. The molecule has 4 N–H and O–H groups in total. The zero-order chi connectivity index (χ0) is 15.0. The summed E-state index contributed by atoms with van der Waals surface area (Å²) in [6.07, 6.45) is 4.46. The van der Waals surface area contributed by atoms with Crippen LogP contribution in [0, 0.1) is 0 Å². The number of piperidine rings is 1. The lowest BCUT2D eigenvalue weighted by Gasteiger charge is -2.36. The third-order valence-electron chi connectivity index (χ3n) is 3.95. The van der Waals surface area contributed by atoms with Crippen molar-refractivity contribution in [3.8, 4) is 0 Å². The van der Waals surface area contributed by atoms with E-state index in [1.54, 1.807) is 6.20 Å². The van der Waals surface area contributed by atoms with Crippen LogP contribution in [0.25, 0.3) is 10.9 Å². The molecule has 1 fully saturated rings. The summed E-state index contributed by atoms with van der Waals surface area (Å²) in [5, 5.41) is 0.942. The Morgan fingerprint density at radius 3 is 2.95 bits per heavy atom. The number of aromatic nitrogens is 1. The summed E-state index contributed by atoms with van der Waals surface area (Å²) in [5.74, 6) is -0.297. The molecule has 1 unspecified atom stereocenters. The Balaban J connectivity index is 2.19. The van der Waals surface area contributed by atoms with Crippen LogP contribution >= 0.6 is 15.9 Å². The van der Waals surface area contributed by atoms with Crippen molar-refractivity contribution in [1.82, 2.24) is 4.98 Å². The van der Waals surface area contributed by atoms with E-state index in [9.17, 15) is 4.79 Å². The van der Waals surface area contributed by atoms with Crippen LogP contribution < -0.4 is 16.4 Å². The van der Waals surface area contributed by atoms with Crippen LogP contribution in [-0.2, 0) is 4.79 Å². The van der Waals surface area contributed by atoms with Gasteiger partial charge in [-0.3, -0.25) is 9.78 Å². The third kappa shape index (κ3) is 2.55. The standard InChI is InChI=1S/C15H17BrN4O/c16-9-4-5-12-10(7-9)14(11(17)8-19-12)20-6-2-1-3-13(20)15(18)21/h4-5,7-8,13H,1-3,6,17H2,(H2,18,21). The Labute approximate surface area is 131 Å². The molecule has 1 saturated heterocycles. The first-order valence-electron chi connectivity index (χ1n) is 6.97. The second kappa shape index (κ2) is 5.52. The van der Waals surface area contributed by atoms with Gasteiger partial charge < -0.3 is 16.4 Å². The number of primary amides is 1. The van der Waals surface area contributed by atoms with Gasteiger partial charge in [0.15, 0.2) is 0 Å². The highest BCUT2D eigenvalue weighted by atomic mass is 79.9. The number of amides is 1. The maximum absolute atomic E-state index is 11.8. The molecule has 0 aliphatic carbocycles. The van der Waals surface area contributed by atoms with E-state index in [1.165, 1.54) is 0 Å². The molecule has 0 spiro atoms. The first-order valence-corrected chi connectivity index (χ1v) is 7.77. The molecule has 1 atom stereocenters. The molecule has 1 aromatic carbocycles. The molecular formula is C15H17BrN4O. The number of anilines is 2. The van der Waals surface area contributed by atoms with E-state index in [4.69, 9.17) is 11.5 Å². The molecule has 1 aromatic heterocycles. The Bertz CT molecular complexity index is 698. The first kappa shape index (κ1) is 14.1. The number of nitrogens with two attached hydrogens (primary N) is 2. The number of halogens is 1. The molecule has 1 aliphatic heterocycles. The number of carbonyl (C=O) groups is 1. The van der Waals surface area contributed by atoms with E-state index in [2.05, 4.69) is 20.9 Å². The number of benzene rings is 1. The highest BCUT2D eigenvalue weighted by Crippen LogP contribution is 2.36. The van der Waals surface area contributed by atoms with Crippen molar-refractivity contribution >= 4 is 44.1 Å². The van der Waals surface area contributed by atoms with E-state index < -0.39 is 0 Å². The van der Waals surface area contributed by atoms with Gasteiger partial charge in [-0.15, -0.1) is 0 Å². The minimum atomic E-state index is -0.300. The smallest absolute Gasteiger partial charge is 0.240 e. The molecule has 2 heterocycles. The zero-order valence-electron chi connectivity index (χ0n) is 11.6. The fraction of sp³-hybridized carbons (Fsp3) is 0.333. The van der Waals surface area contributed by atoms with Crippen LogP contribution in [0.1, 0.15) is 19.3 Å². The van der Waals surface area contributed by atoms with Gasteiger partial charge in [0.2, 0.25) is 5.91 Å². The predicted molar refractivity (Wildman–Crippen MR) is 88.0 cm³/mol. The SMILES string of the molecule is NC(=O)C1CCCCN1c1c(N)cnc2ccc(Br)cc12. The number of hydrogen-bond donors (Lipinski definition) is 2. The Kier molecular flexibility index (Phi) is 3.71. The van der Waals surface area contributed by atoms with Gasteiger partial charge in [0.25, 0.3) is 0 Å². The van der Waals surface area contributed by atoms with Crippen molar-refractivity contribution in [2.45, 2.75) is 25.3 Å². The van der Waals surface area contributed by atoms with Crippen LogP contribution in [0.3, 0.4) is 0 Å². The van der Waals surface area contributed by atoms with Gasteiger partial charge in [0.1, 0.15) is 6.04 Å². The molecule has 21 heavy (non-hydrogen) atoms. The highest BCUT2D eigenvalue weighted by Gasteiger charge is 2.29. The summed E-state index contributed by atoms with van der Waals surface area (Å²) in [4.78, 5) is 18.2. The van der Waals surface area contributed by atoms with Gasteiger partial charge in [-0.1, -0.05) is 15.9 Å². The molecule has 1 amide bonds. The monoisotopic (exact) mass is 348 g/mol. The van der Waals surface area contributed by atoms with Gasteiger partial charge in [-0.2, -0.15) is 0 Å². The third-order valence-corrected chi connectivity index (χ3v) is 4.44. The van der Waals surface area contributed by atoms with Gasteiger partial charge in [0, 0.05) is 16.4 Å². The number of rotatable bonds is 2. The lowest BCUT2D eigenvalue weighted by molar-refractivity contribution is -0.119. The molecule has 0 radical (unpaired) electrons. The number of nitrogens with zero attached hydrogens (tertiary/aromatic N) is 2. The van der Waals surface area contributed by atoms with E-state index in [-0.39, 0.29) is 11.9 Å². The van der Waals surface area contributed by atoms with E-state index >= 15 is 0 Å². The summed E-state index contributed by atoms with van der Waals surface area (Å²) in [5.41, 5.74) is 14.0. The van der Waals surface area contributed by atoms with Gasteiger partial charge in [-0.25, -0.2) is 0 Å². The molecule has 110 valence electrons. The Morgan fingerprint density at radius 2 is 2.19 bits per heavy atom. The van der Waals surface area contributed by atoms with Crippen molar-refractivity contribution in [3.05, 3.63) is 28.9 Å². The second-order valence-corrected chi connectivity index (χ2v) is 6.25. The summed E-state index contributed by atoms with van der Waals surface area (Å²) in [6.45, 7) is 0.781. The van der Waals surface area contributed by atoms with Gasteiger partial charge in [0.05, 0.1) is 23.1 Å². The van der Waals surface area contributed by atoms with E-state index in [1.807, 2.05) is 23.1 Å². The molecule has 0 bridgehead atoms. The number of carbonyl (C=O) groups excluding carboxylic acids is 1. The summed E-state index contributed by atoms with van der Waals surface area (Å²) in [7, 11) is 0. The summed E-state index contributed by atoms with van der Waals surface area (Å²) < 4.78 is 0.955. The lowest BCUT2D eigenvalue weighted by atomic mass is 9.99. The summed E-state index contributed by atoms with van der Waals surface area (Å²) in [6, 6.07) is 5.56. The molecule has 6 heteroatoms. The minimum absolute atomic E-state index is 0.297. The van der Waals surface area contributed by atoms with Crippen LogP contribution in [-0.4, -0.2) is 23.5 Å². The number of pyridine rings is 1. The zero-order valence-corrected chi connectivity index (χ0v) is 13.1. The van der Waals surface area contributed by atoms with Gasteiger partial charge in [-0.05, 0) is 37.5 Å². The van der Waals surface area contributed by atoms with Crippen LogP contribution in [0.15, 0.2) is 28.9 Å². The largest absolute Gasteiger partial charge is 0.396 e. The van der Waals surface area contributed by atoms with Crippen LogP contribution in [0.4, 0.5) is 11.4 Å². The van der Waals surface area contributed by atoms with Crippen molar-refractivity contribution in [3.63, 3.8) is 0 Å². The van der Waals surface area contributed by atoms with Crippen molar-refractivity contribution in [2.24, 2.45) is 5.73 Å². The average Bonchev–Trinajstić information content (AvgIpc) is 2.47. The normalized spacial score (nSPS) is 18.9. The highest BCUT2D eigenvalue weighted by molar-refractivity contribution is 9.10. The quantitative estimate of drug-likeness (QED) is 0.872. The number of hydrogen-bond acceptors (Lipinski definition) is 4. The summed E-state index contributed by atoms with van der Waals surface area (Å²) >= 11 is 3.48. The predicted octanol–water partition coefficient (Wildman–Crippen LogP) is 2.42.